The first kappa shape index (κ1) is 21.8. The van der Waals surface area contributed by atoms with Crippen LogP contribution in [-0.4, -0.2) is 15.9 Å². The average Bonchev–Trinajstić information content (AvgIpc) is 2.80. The van der Waals surface area contributed by atoms with Gasteiger partial charge in [0.1, 0.15) is 5.82 Å². The molecule has 1 aliphatic carbocycles. The lowest BCUT2D eigenvalue weighted by atomic mass is 9.86. The Balaban J connectivity index is 1.31. The van der Waals surface area contributed by atoms with Gasteiger partial charge < -0.3 is 16.0 Å². The highest BCUT2D eigenvalue weighted by Crippen LogP contribution is 2.27. The molecule has 1 aliphatic rings. The van der Waals surface area contributed by atoms with Crippen LogP contribution >= 0.6 is 0 Å². The summed E-state index contributed by atoms with van der Waals surface area (Å²) < 4.78 is 0. The van der Waals surface area contributed by atoms with Crippen molar-refractivity contribution >= 4 is 34.7 Å². The molecule has 6 nitrogen and oxygen atoms in total. The number of nitrogens with zero attached hydrogens (tertiary/aromatic N) is 2. The molecule has 1 amide bonds. The zero-order chi connectivity index (χ0) is 22.2. The van der Waals surface area contributed by atoms with Crippen LogP contribution in [0.25, 0.3) is 0 Å². The lowest BCUT2D eigenvalue weighted by Gasteiger charge is -2.21. The molecule has 0 unspecified atom stereocenters. The normalized spacial score (nSPS) is 14.0. The number of nitrogens with one attached hydrogen (secondary N) is 3. The Kier molecular flexibility index (Phi) is 7.33. The molecule has 0 saturated heterocycles. The lowest BCUT2D eigenvalue weighted by Crippen LogP contribution is -2.14. The van der Waals surface area contributed by atoms with Crippen molar-refractivity contribution in [3.8, 4) is 0 Å². The van der Waals surface area contributed by atoms with Gasteiger partial charge in [0.25, 0.3) is 0 Å². The molecule has 32 heavy (non-hydrogen) atoms. The second-order valence-corrected chi connectivity index (χ2v) is 8.50. The van der Waals surface area contributed by atoms with Gasteiger partial charge in [0.2, 0.25) is 11.9 Å². The van der Waals surface area contributed by atoms with Crippen molar-refractivity contribution in [2.24, 2.45) is 5.92 Å². The van der Waals surface area contributed by atoms with Crippen molar-refractivity contribution in [3.63, 3.8) is 0 Å². The smallest absolute Gasteiger partial charge is 0.229 e. The van der Waals surface area contributed by atoms with Gasteiger partial charge in [0.05, 0.1) is 0 Å². The third kappa shape index (κ3) is 6.54. The number of aryl methyl sites for hydroxylation is 1. The highest BCUT2D eigenvalue weighted by atomic mass is 16.1. The summed E-state index contributed by atoms with van der Waals surface area (Å²) in [6.45, 7) is 1.94. The van der Waals surface area contributed by atoms with Crippen molar-refractivity contribution in [3.05, 3.63) is 66.4 Å². The molecule has 0 radical (unpaired) electrons. The molecule has 1 saturated carbocycles. The van der Waals surface area contributed by atoms with Gasteiger partial charge in [0, 0.05) is 35.2 Å². The summed E-state index contributed by atoms with van der Waals surface area (Å²) in [5.41, 5.74) is 3.50. The molecule has 1 fully saturated rings. The van der Waals surface area contributed by atoms with Crippen LogP contribution in [0.2, 0.25) is 0 Å². The number of carbonyl (C=O) groups excluding carboxylic acids is 1. The van der Waals surface area contributed by atoms with Crippen molar-refractivity contribution in [2.45, 2.75) is 51.9 Å². The summed E-state index contributed by atoms with van der Waals surface area (Å²) in [6.07, 6.45) is 8.12. The van der Waals surface area contributed by atoms with Gasteiger partial charge >= 0.3 is 0 Å². The SMILES string of the molecule is Cc1cc(Nc2ccccc2)nc(Nc2ccc(NC(=O)CCC3CCCCC3)cc2)n1. The summed E-state index contributed by atoms with van der Waals surface area (Å²) in [5, 5.41) is 9.55. The van der Waals surface area contributed by atoms with Crippen LogP contribution < -0.4 is 16.0 Å². The summed E-state index contributed by atoms with van der Waals surface area (Å²) in [4.78, 5) is 21.3. The molecule has 0 atom stereocenters. The van der Waals surface area contributed by atoms with Crippen molar-refractivity contribution in [1.82, 2.24) is 9.97 Å². The number of rotatable bonds is 8. The van der Waals surface area contributed by atoms with E-state index in [9.17, 15) is 4.79 Å². The number of hydrogen-bond donors (Lipinski definition) is 3. The molecule has 4 rings (SSSR count). The van der Waals surface area contributed by atoms with Crippen LogP contribution in [0.3, 0.4) is 0 Å². The fourth-order valence-corrected chi connectivity index (χ4v) is 4.16. The maximum Gasteiger partial charge on any atom is 0.229 e. The quantitative estimate of drug-likeness (QED) is 0.377. The van der Waals surface area contributed by atoms with Crippen LogP contribution in [0.4, 0.5) is 28.8 Å². The Morgan fingerprint density at radius 2 is 1.56 bits per heavy atom. The molecule has 1 aromatic heterocycles. The average molecular weight is 430 g/mol. The van der Waals surface area contributed by atoms with E-state index < -0.39 is 0 Å². The first-order valence-electron chi connectivity index (χ1n) is 11.5. The van der Waals surface area contributed by atoms with E-state index in [2.05, 4.69) is 25.9 Å². The van der Waals surface area contributed by atoms with Crippen LogP contribution in [-0.2, 0) is 4.79 Å². The van der Waals surface area contributed by atoms with E-state index in [-0.39, 0.29) is 5.91 Å². The maximum atomic E-state index is 12.3. The predicted octanol–water partition coefficient (Wildman–Crippen LogP) is 6.57. The minimum absolute atomic E-state index is 0.0925. The molecular formula is C26H31N5O. The van der Waals surface area contributed by atoms with E-state index in [0.717, 1.165) is 40.9 Å². The van der Waals surface area contributed by atoms with Crippen molar-refractivity contribution < 1.29 is 4.79 Å². The van der Waals surface area contributed by atoms with E-state index in [1.165, 1.54) is 32.1 Å². The molecule has 3 aromatic rings. The summed E-state index contributed by atoms with van der Waals surface area (Å²) >= 11 is 0. The van der Waals surface area contributed by atoms with Crippen LogP contribution in [0.5, 0.6) is 0 Å². The minimum Gasteiger partial charge on any atom is -0.340 e. The summed E-state index contributed by atoms with van der Waals surface area (Å²) in [5.74, 6) is 2.06. The van der Waals surface area contributed by atoms with Gasteiger partial charge in [-0.2, -0.15) is 4.98 Å². The second kappa shape index (κ2) is 10.8. The molecular weight excluding hydrogens is 398 g/mol. The molecule has 0 bridgehead atoms. The Labute approximate surface area is 189 Å². The molecule has 0 spiro atoms. The number of aromatic nitrogens is 2. The van der Waals surface area contributed by atoms with E-state index in [4.69, 9.17) is 0 Å². The largest absolute Gasteiger partial charge is 0.340 e. The molecule has 3 N–H and O–H groups in total. The monoisotopic (exact) mass is 429 g/mol. The van der Waals surface area contributed by atoms with Crippen molar-refractivity contribution in [1.29, 1.82) is 0 Å². The van der Waals surface area contributed by atoms with Gasteiger partial charge in [-0.25, -0.2) is 4.98 Å². The second-order valence-electron chi connectivity index (χ2n) is 8.50. The van der Waals surface area contributed by atoms with Crippen LogP contribution in [0, 0.1) is 12.8 Å². The number of carbonyl (C=O) groups is 1. The highest BCUT2D eigenvalue weighted by Gasteiger charge is 2.15. The minimum atomic E-state index is 0.0925. The first-order chi connectivity index (χ1) is 15.6. The topological polar surface area (TPSA) is 78.9 Å². The van der Waals surface area contributed by atoms with Gasteiger partial charge in [-0.3, -0.25) is 4.79 Å². The van der Waals surface area contributed by atoms with Gasteiger partial charge in [-0.1, -0.05) is 50.3 Å². The third-order valence-corrected chi connectivity index (χ3v) is 5.83. The van der Waals surface area contributed by atoms with E-state index >= 15 is 0 Å². The van der Waals surface area contributed by atoms with Crippen molar-refractivity contribution in [2.75, 3.05) is 16.0 Å². The number of anilines is 5. The van der Waals surface area contributed by atoms with E-state index in [0.29, 0.717) is 12.4 Å². The number of para-hydroxylation sites is 1. The lowest BCUT2D eigenvalue weighted by molar-refractivity contribution is -0.116. The molecule has 1 heterocycles. The van der Waals surface area contributed by atoms with E-state index in [1.807, 2.05) is 67.6 Å². The van der Waals surface area contributed by atoms with Crippen LogP contribution in [0.15, 0.2) is 60.7 Å². The van der Waals surface area contributed by atoms with Gasteiger partial charge in [-0.05, 0) is 55.7 Å². The Hall–Kier alpha value is -3.41. The Morgan fingerprint density at radius 1 is 0.875 bits per heavy atom. The van der Waals surface area contributed by atoms with Crippen LogP contribution in [0.1, 0.15) is 50.6 Å². The van der Waals surface area contributed by atoms with Gasteiger partial charge in [0.15, 0.2) is 0 Å². The standard InChI is InChI=1S/C26H31N5O/c1-19-18-24(28-21-10-6-3-7-11-21)31-26(27-19)30-23-15-13-22(14-16-23)29-25(32)17-12-20-8-4-2-5-9-20/h3,6-7,10-11,13-16,18,20H,2,4-5,8-9,12,17H2,1H3,(H,29,32)(H2,27,28,30,31). The third-order valence-electron chi connectivity index (χ3n) is 5.83. The van der Waals surface area contributed by atoms with Gasteiger partial charge in [-0.15, -0.1) is 0 Å². The Bertz CT molecular complexity index is 1010. The predicted molar refractivity (Wildman–Crippen MR) is 131 cm³/mol. The highest BCUT2D eigenvalue weighted by molar-refractivity contribution is 5.90. The first-order valence-corrected chi connectivity index (χ1v) is 11.5. The van der Waals surface area contributed by atoms with E-state index in [1.54, 1.807) is 0 Å². The maximum absolute atomic E-state index is 12.3. The molecule has 0 aliphatic heterocycles. The number of amides is 1. The fourth-order valence-electron chi connectivity index (χ4n) is 4.16. The molecule has 2 aromatic carbocycles. The molecule has 6 heteroatoms. The molecule has 166 valence electrons. The Morgan fingerprint density at radius 3 is 2.31 bits per heavy atom. The summed E-state index contributed by atoms with van der Waals surface area (Å²) in [6, 6.07) is 19.5. The number of benzene rings is 2. The number of hydrogen-bond acceptors (Lipinski definition) is 5. The zero-order valence-corrected chi connectivity index (χ0v) is 18.6. The zero-order valence-electron chi connectivity index (χ0n) is 18.6. The summed E-state index contributed by atoms with van der Waals surface area (Å²) in [7, 11) is 0. The fraction of sp³-hybridized carbons (Fsp3) is 0.346.